The van der Waals surface area contributed by atoms with E-state index in [9.17, 15) is 0 Å². The van der Waals surface area contributed by atoms with Gasteiger partial charge in [0.1, 0.15) is 0 Å². The summed E-state index contributed by atoms with van der Waals surface area (Å²) in [5, 5.41) is 43.0. The third-order valence-electron chi connectivity index (χ3n) is 2.04. The van der Waals surface area contributed by atoms with Crippen molar-refractivity contribution in [1.82, 2.24) is 20.4 Å². The number of nitrogens with two attached hydrogens (primary N) is 4. The van der Waals surface area contributed by atoms with Crippen molar-refractivity contribution >= 4 is 11.9 Å². The molecule has 2 aromatic rings. The van der Waals surface area contributed by atoms with Gasteiger partial charge in [-0.2, -0.15) is 0 Å². The highest BCUT2D eigenvalue weighted by Crippen LogP contribution is 2.03. The quantitative estimate of drug-likeness (QED) is 0.117. The van der Waals surface area contributed by atoms with Gasteiger partial charge in [0.05, 0.1) is 0 Å². The molecule has 0 unspecified atom stereocenters. The Morgan fingerprint density at radius 1 is 0.714 bits per heavy atom. The Balaban J connectivity index is 0.000000444. The van der Waals surface area contributed by atoms with E-state index in [1.807, 2.05) is 0 Å². The van der Waals surface area contributed by atoms with Gasteiger partial charge in [0.2, 0.25) is 0 Å². The molecule has 0 bridgehead atoms. The summed E-state index contributed by atoms with van der Waals surface area (Å²) in [6.45, 7) is 0. The van der Waals surface area contributed by atoms with Gasteiger partial charge in [-0.05, 0) is 11.1 Å². The first kappa shape index (κ1) is 22.7. The van der Waals surface area contributed by atoms with Crippen LogP contribution in [0.2, 0.25) is 0 Å². The number of nitro groups is 4. The van der Waals surface area contributed by atoms with Gasteiger partial charge >= 0.3 is 23.5 Å². The largest absolute Gasteiger partial charge is 0.396 e. The predicted octanol–water partition coefficient (Wildman–Crippen LogP) is -4.55. The van der Waals surface area contributed by atoms with E-state index in [2.05, 4.69) is 20.4 Å². The molecule has 0 aromatic carbocycles. The normalized spacial score (nSPS) is 9.00. The Hall–Kier alpha value is -5.32. The summed E-state index contributed by atoms with van der Waals surface area (Å²) < 4.78 is 2.24. The molecule has 0 amide bonds. The SMILES string of the molecule is Nc1n[nH]c(-c2[nH]nc(N)[n+]2N)[n+]1N.O=[N+]([O-])[N-][N+](=O)[O-].O=[N+]([O-])[N-][N+](=O)[O-]. The third-order valence-corrected chi connectivity index (χ3v) is 2.04. The van der Waals surface area contributed by atoms with Gasteiger partial charge in [-0.25, -0.2) is 0 Å². The molecule has 10 N–H and O–H groups in total. The molecule has 0 fully saturated rings. The Bertz CT molecular complexity index is 759. The summed E-state index contributed by atoms with van der Waals surface area (Å²) in [6.07, 6.45) is 0. The number of hydrogen-bond acceptors (Lipinski definition) is 14. The van der Waals surface area contributed by atoms with Crippen LogP contribution in [0.4, 0.5) is 11.9 Å². The molecule has 24 heteroatoms. The fraction of sp³-hybridized carbons (Fsp3) is 0. The van der Waals surface area contributed by atoms with E-state index in [0.717, 1.165) is 9.35 Å². The molecule has 154 valence electrons. The Labute approximate surface area is 149 Å². The van der Waals surface area contributed by atoms with E-state index < -0.39 is 20.1 Å². The van der Waals surface area contributed by atoms with Crippen LogP contribution in [0.3, 0.4) is 0 Å². The first-order valence-corrected chi connectivity index (χ1v) is 5.89. The third kappa shape index (κ3) is 7.50. The molecule has 0 saturated heterocycles. The molecule has 0 saturated carbocycles. The van der Waals surface area contributed by atoms with E-state index in [0.29, 0.717) is 11.6 Å². The topological polar surface area (TPSA) is 370 Å². The highest BCUT2D eigenvalue weighted by Gasteiger charge is 2.25. The monoisotopic (exact) mass is 410 g/mol. The van der Waals surface area contributed by atoms with Crippen LogP contribution in [0.1, 0.15) is 0 Å². The standard InChI is InChI=1S/C4H8N10.2N3O4/c5-3-11-9-1(13(3)7)2-10-12-4(6)14(2)8;2*4-2(5)1-3(6)7/h7-8H2,(H4,5,6,9,10,11,12);;/q;2*-1/p+2. The number of nitrogens with zero attached hydrogens (tertiary/aromatic N) is 10. The lowest BCUT2D eigenvalue weighted by Crippen LogP contribution is -2.53. The molecule has 24 nitrogen and oxygen atoms in total. The molecule has 0 aliphatic heterocycles. The minimum atomic E-state index is -1.38. The fourth-order valence-electron chi connectivity index (χ4n) is 1.12. The fourth-order valence-corrected chi connectivity index (χ4v) is 1.12. The van der Waals surface area contributed by atoms with Crippen LogP contribution in [-0.4, -0.2) is 40.5 Å². The number of hydrogen-bond donors (Lipinski definition) is 6. The van der Waals surface area contributed by atoms with Crippen molar-refractivity contribution < 1.29 is 29.5 Å². The van der Waals surface area contributed by atoms with Crippen LogP contribution in [0.15, 0.2) is 0 Å². The maximum absolute atomic E-state index is 9.01. The van der Waals surface area contributed by atoms with Crippen LogP contribution in [0, 0.1) is 40.5 Å². The first-order valence-electron chi connectivity index (χ1n) is 5.89. The molecule has 2 rings (SSSR count). The summed E-state index contributed by atoms with van der Waals surface area (Å²) >= 11 is 0. The summed E-state index contributed by atoms with van der Waals surface area (Å²) in [6, 6.07) is 0. The summed E-state index contributed by atoms with van der Waals surface area (Å²) in [5.74, 6) is 12.1. The van der Waals surface area contributed by atoms with Gasteiger partial charge in [0.25, 0.3) is 0 Å². The number of nitrogens with one attached hydrogen (secondary N) is 2. The molecule has 2 aromatic heterocycles. The molecule has 0 atom stereocenters. The van der Waals surface area contributed by atoms with Crippen molar-refractivity contribution in [3.63, 3.8) is 0 Å². The van der Waals surface area contributed by atoms with E-state index in [1.54, 1.807) is 11.1 Å². The van der Waals surface area contributed by atoms with Crippen LogP contribution >= 0.6 is 0 Å². The zero-order valence-electron chi connectivity index (χ0n) is 13.0. The number of nitrogen functional groups attached to an aromatic ring is 4. The van der Waals surface area contributed by atoms with E-state index >= 15 is 0 Å². The molecular weight excluding hydrogens is 400 g/mol. The summed E-state index contributed by atoms with van der Waals surface area (Å²) in [7, 11) is 0. The van der Waals surface area contributed by atoms with Gasteiger partial charge < -0.3 is 11.5 Å². The zero-order chi connectivity index (χ0) is 22.0. The Morgan fingerprint density at radius 3 is 1.07 bits per heavy atom. The second-order valence-corrected chi connectivity index (χ2v) is 3.73. The average molecular weight is 410 g/mol. The van der Waals surface area contributed by atoms with Crippen LogP contribution in [0.25, 0.3) is 22.7 Å². The minimum Gasteiger partial charge on any atom is -0.304 e. The number of rotatable bonds is 5. The second-order valence-electron chi connectivity index (χ2n) is 3.73. The van der Waals surface area contributed by atoms with Crippen molar-refractivity contribution in [2.75, 3.05) is 23.2 Å². The Morgan fingerprint density at radius 2 is 0.964 bits per heavy atom. The number of aromatic nitrogens is 6. The average Bonchev–Trinajstić information content (AvgIpc) is 3.02. The molecular formula is C4H10N16O8. The molecule has 0 radical (unpaired) electrons. The lowest BCUT2D eigenvalue weighted by Gasteiger charge is -1.92. The van der Waals surface area contributed by atoms with E-state index in [1.165, 1.54) is 0 Å². The van der Waals surface area contributed by atoms with E-state index in [4.69, 9.17) is 63.6 Å². The van der Waals surface area contributed by atoms with Crippen molar-refractivity contribution in [3.05, 3.63) is 51.5 Å². The second kappa shape index (κ2) is 9.85. The highest BCUT2D eigenvalue weighted by molar-refractivity contribution is 5.35. The molecule has 2 heterocycles. The lowest BCUT2D eigenvalue weighted by atomic mass is 10.6. The van der Waals surface area contributed by atoms with Gasteiger partial charge in [-0.1, -0.05) is 0 Å². The molecule has 0 aliphatic carbocycles. The van der Waals surface area contributed by atoms with Gasteiger partial charge in [0, 0.05) is 30.3 Å². The number of aromatic amines is 2. The maximum Gasteiger partial charge on any atom is 0.396 e. The van der Waals surface area contributed by atoms with Gasteiger partial charge in [-0.15, -0.1) is 19.5 Å². The first-order chi connectivity index (χ1) is 12.9. The van der Waals surface area contributed by atoms with Crippen LogP contribution < -0.4 is 32.5 Å². The summed E-state index contributed by atoms with van der Waals surface area (Å²) in [4.78, 5) is 36.0. The molecule has 28 heavy (non-hydrogen) atoms. The van der Waals surface area contributed by atoms with E-state index in [-0.39, 0.29) is 11.9 Å². The minimum absolute atomic E-state index is 0.119. The van der Waals surface area contributed by atoms with Gasteiger partial charge in [0.15, 0.2) is 0 Å². The Kier molecular flexibility index (Phi) is 7.98. The zero-order valence-corrected chi connectivity index (χ0v) is 13.0. The summed E-state index contributed by atoms with van der Waals surface area (Å²) in [5.41, 5.74) is 14.3. The molecule has 0 aliphatic rings. The maximum atomic E-state index is 9.01. The van der Waals surface area contributed by atoms with Crippen LogP contribution in [-0.2, 0) is 0 Å². The number of H-pyrrole nitrogens is 2. The highest BCUT2D eigenvalue weighted by atomic mass is 16.8. The van der Waals surface area contributed by atoms with Crippen molar-refractivity contribution in [1.29, 1.82) is 0 Å². The molecule has 0 spiro atoms. The van der Waals surface area contributed by atoms with Gasteiger partial charge in [-0.3, -0.25) is 52.1 Å². The van der Waals surface area contributed by atoms with Crippen LogP contribution in [0.5, 0.6) is 0 Å². The van der Waals surface area contributed by atoms with Crippen molar-refractivity contribution in [2.24, 2.45) is 0 Å². The predicted molar refractivity (Wildman–Crippen MR) is 80.4 cm³/mol. The number of anilines is 2. The van der Waals surface area contributed by atoms with Crippen molar-refractivity contribution in [3.8, 4) is 11.6 Å². The lowest BCUT2D eigenvalue weighted by molar-refractivity contribution is -0.643. The van der Waals surface area contributed by atoms with Crippen molar-refractivity contribution in [2.45, 2.75) is 0 Å². The smallest absolute Gasteiger partial charge is 0.304 e.